The van der Waals surface area contributed by atoms with Crippen LogP contribution in [0.2, 0.25) is 5.02 Å². The van der Waals surface area contributed by atoms with E-state index in [1.54, 1.807) is 52.2 Å². The Labute approximate surface area is 236 Å². The summed E-state index contributed by atoms with van der Waals surface area (Å²) in [6.07, 6.45) is -0.699. The van der Waals surface area contributed by atoms with Crippen LogP contribution in [0.5, 0.6) is 0 Å². The van der Waals surface area contributed by atoms with Crippen molar-refractivity contribution in [1.29, 1.82) is 0 Å². The number of nitrogens with one attached hydrogen (secondary N) is 2. The van der Waals surface area contributed by atoms with Crippen LogP contribution in [0.25, 0.3) is 0 Å². The predicted octanol–water partition coefficient (Wildman–Crippen LogP) is 4.31. The maximum atomic E-state index is 13.4. The van der Waals surface area contributed by atoms with E-state index in [0.717, 1.165) is 0 Å². The number of nitrogens with zero attached hydrogens (tertiary/aromatic N) is 1. The molecule has 0 saturated carbocycles. The minimum atomic E-state index is -4.06. The molecular formula is C26H43ClN3O8P. The van der Waals surface area contributed by atoms with Gasteiger partial charge in [-0.3, -0.25) is 14.2 Å². The highest BCUT2D eigenvalue weighted by atomic mass is 35.5. The van der Waals surface area contributed by atoms with Gasteiger partial charge in [-0.1, -0.05) is 44.5 Å². The molecule has 1 aromatic carbocycles. The zero-order chi connectivity index (χ0) is 29.8. The van der Waals surface area contributed by atoms with Gasteiger partial charge in [-0.15, -0.1) is 0 Å². The van der Waals surface area contributed by atoms with Gasteiger partial charge in [0.1, 0.15) is 12.6 Å². The minimum Gasteiger partial charge on any atom is -0.445 e. The molecule has 3 amide bonds. The van der Waals surface area contributed by atoms with Crippen LogP contribution < -0.4 is 10.6 Å². The summed E-state index contributed by atoms with van der Waals surface area (Å²) >= 11 is 5.98. The lowest BCUT2D eigenvalue weighted by Gasteiger charge is -2.32. The van der Waals surface area contributed by atoms with Gasteiger partial charge in [0, 0.05) is 25.5 Å². The van der Waals surface area contributed by atoms with Crippen molar-refractivity contribution in [2.45, 2.75) is 78.4 Å². The van der Waals surface area contributed by atoms with Crippen LogP contribution in [0, 0.1) is 5.41 Å². The smallest absolute Gasteiger partial charge is 0.408 e. The molecule has 0 aliphatic carbocycles. The molecule has 0 aliphatic heterocycles. The molecular weight excluding hydrogens is 549 g/mol. The number of ether oxygens (including phenoxy) is 1. The van der Waals surface area contributed by atoms with Crippen molar-refractivity contribution < 1.29 is 37.8 Å². The molecule has 0 fully saturated rings. The molecule has 222 valence electrons. The number of aliphatic hydroxyl groups excluding tert-OH is 1. The fraction of sp³-hybridized carbons (Fsp3) is 0.654. The van der Waals surface area contributed by atoms with Crippen molar-refractivity contribution in [3.05, 3.63) is 34.9 Å². The van der Waals surface area contributed by atoms with E-state index in [9.17, 15) is 24.1 Å². The SMILES string of the molecule is CCOP(=O)(OCC)C(O)C(CCC(=O)N(C)C)NC(=O)C(CC(C)(C)C)NC(=O)OCc1cccc(Cl)c1. The highest BCUT2D eigenvalue weighted by Gasteiger charge is 2.42. The molecule has 0 aromatic heterocycles. The highest BCUT2D eigenvalue weighted by molar-refractivity contribution is 7.54. The van der Waals surface area contributed by atoms with Crippen molar-refractivity contribution in [1.82, 2.24) is 15.5 Å². The standard InChI is InChI=1S/C26H43ClN3O8P/c1-8-37-39(35,38-9-2)24(33)20(13-14-22(31)30(6)7)28-23(32)21(16-26(3,4)5)29-25(34)36-17-18-11-10-12-19(27)15-18/h10-12,15,20-21,24,33H,8-9,13-14,16-17H2,1-7H3,(H,28,32)(H,29,34). The number of carbonyl (C=O) groups excluding carboxylic acids is 3. The van der Waals surface area contributed by atoms with Gasteiger partial charge < -0.3 is 34.4 Å². The lowest BCUT2D eigenvalue weighted by Crippen LogP contribution is -2.53. The molecule has 0 aliphatic rings. The Bertz CT molecular complexity index is 992. The number of benzene rings is 1. The van der Waals surface area contributed by atoms with Crippen molar-refractivity contribution in [2.75, 3.05) is 27.3 Å². The third-order valence-electron chi connectivity index (χ3n) is 5.48. The molecule has 3 unspecified atom stereocenters. The second-order valence-electron chi connectivity index (χ2n) is 10.4. The predicted molar refractivity (Wildman–Crippen MR) is 149 cm³/mol. The number of carbonyl (C=O) groups is 3. The molecule has 11 nitrogen and oxygen atoms in total. The quantitative estimate of drug-likeness (QED) is 0.256. The van der Waals surface area contributed by atoms with Gasteiger partial charge in [0.05, 0.1) is 19.3 Å². The highest BCUT2D eigenvalue weighted by Crippen LogP contribution is 2.53. The number of amides is 3. The maximum absolute atomic E-state index is 13.4. The number of aliphatic hydroxyl groups is 1. The van der Waals surface area contributed by atoms with Gasteiger partial charge in [-0.2, -0.15) is 0 Å². The first-order valence-corrected chi connectivity index (χ1v) is 14.9. The Kier molecular flexibility index (Phi) is 14.5. The summed E-state index contributed by atoms with van der Waals surface area (Å²) in [5.41, 5.74) is 0.286. The summed E-state index contributed by atoms with van der Waals surface area (Å²) in [4.78, 5) is 39.7. The maximum Gasteiger partial charge on any atom is 0.408 e. The Morgan fingerprint density at radius 3 is 2.23 bits per heavy atom. The first-order chi connectivity index (χ1) is 18.1. The van der Waals surface area contributed by atoms with Crippen LogP contribution in [-0.4, -0.2) is 73.2 Å². The molecule has 3 atom stereocenters. The summed E-state index contributed by atoms with van der Waals surface area (Å²) in [5, 5.41) is 16.8. The van der Waals surface area contributed by atoms with Crippen molar-refractivity contribution >= 4 is 37.1 Å². The third-order valence-corrected chi connectivity index (χ3v) is 7.96. The van der Waals surface area contributed by atoms with Gasteiger partial charge in [0.2, 0.25) is 11.8 Å². The summed E-state index contributed by atoms with van der Waals surface area (Å²) in [6.45, 7) is 8.82. The van der Waals surface area contributed by atoms with E-state index < -0.39 is 37.5 Å². The Morgan fingerprint density at radius 2 is 1.72 bits per heavy atom. The molecule has 39 heavy (non-hydrogen) atoms. The van der Waals surface area contributed by atoms with Gasteiger partial charge in [0.25, 0.3) is 0 Å². The van der Waals surface area contributed by atoms with E-state index in [2.05, 4.69) is 10.6 Å². The second-order valence-corrected chi connectivity index (χ2v) is 13.0. The van der Waals surface area contributed by atoms with E-state index in [-0.39, 0.29) is 50.4 Å². The average Bonchev–Trinajstić information content (AvgIpc) is 2.83. The van der Waals surface area contributed by atoms with E-state index in [0.29, 0.717) is 10.6 Å². The summed E-state index contributed by atoms with van der Waals surface area (Å²) < 4.78 is 29.1. The van der Waals surface area contributed by atoms with Crippen LogP contribution in [0.3, 0.4) is 0 Å². The molecule has 0 radical (unpaired) electrons. The molecule has 0 saturated heterocycles. The topological polar surface area (TPSA) is 144 Å². The molecule has 0 heterocycles. The third kappa shape index (κ3) is 12.7. The molecule has 1 aromatic rings. The molecule has 0 spiro atoms. The van der Waals surface area contributed by atoms with E-state index in [4.69, 9.17) is 25.4 Å². The average molecular weight is 592 g/mol. The fourth-order valence-corrected chi connectivity index (χ4v) is 5.61. The summed E-state index contributed by atoms with van der Waals surface area (Å²) in [5.74, 6) is -2.65. The molecule has 1 rings (SSSR count). The number of halogens is 1. The Hall–Kier alpha value is -2.17. The van der Waals surface area contributed by atoms with E-state index in [1.165, 1.54) is 4.90 Å². The summed E-state index contributed by atoms with van der Waals surface area (Å²) in [7, 11) is -0.902. The number of hydrogen-bond donors (Lipinski definition) is 3. The van der Waals surface area contributed by atoms with Crippen LogP contribution in [-0.2, 0) is 34.5 Å². The van der Waals surface area contributed by atoms with Crippen LogP contribution in [0.1, 0.15) is 59.4 Å². The lowest BCUT2D eigenvalue weighted by atomic mass is 9.87. The van der Waals surface area contributed by atoms with E-state index in [1.807, 2.05) is 20.8 Å². The first-order valence-electron chi connectivity index (χ1n) is 12.9. The van der Waals surface area contributed by atoms with Gasteiger partial charge in [-0.25, -0.2) is 4.79 Å². The van der Waals surface area contributed by atoms with E-state index >= 15 is 0 Å². The fourth-order valence-electron chi connectivity index (χ4n) is 3.63. The monoisotopic (exact) mass is 591 g/mol. The summed E-state index contributed by atoms with van der Waals surface area (Å²) in [6, 6.07) is 4.59. The van der Waals surface area contributed by atoms with Crippen molar-refractivity contribution in [3.63, 3.8) is 0 Å². The minimum absolute atomic E-state index is 0.00168. The van der Waals surface area contributed by atoms with Gasteiger partial charge in [0.15, 0.2) is 5.85 Å². The molecule has 0 bridgehead atoms. The first kappa shape index (κ1) is 34.9. The Morgan fingerprint density at radius 1 is 1.10 bits per heavy atom. The number of alkyl carbamates (subject to hydrolysis) is 1. The second kappa shape index (κ2) is 16.2. The molecule has 3 N–H and O–H groups in total. The lowest BCUT2D eigenvalue weighted by molar-refractivity contribution is -0.130. The van der Waals surface area contributed by atoms with Crippen LogP contribution in [0.4, 0.5) is 4.79 Å². The number of hydrogen-bond acceptors (Lipinski definition) is 8. The van der Waals surface area contributed by atoms with Crippen LogP contribution >= 0.6 is 19.2 Å². The van der Waals surface area contributed by atoms with Gasteiger partial charge >= 0.3 is 13.7 Å². The number of rotatable bonds is 15. The van der Waals surface area contributed by atoms with Gasteiger partial charge in [-0.05, 0) is 49.8 Å². The molecule has 13 heteroatoms. The zero-order valence-corrected chi connectivity index (χ0v) is 25.5. The normalized spacial score (nSPS) is 14.2. The Balaban J connectivity index is 3.13. The van der Waals surface area contributed by atoms with Crippen LogP contribution in [0.15, 0.2) is 24.3 Å². The zero-order valence-electron chi connectivity index (χ0n) is 23.9. The largest absolute Gasteiger partial charge is 0.445 e. The van der Waals surface area contributed by atoms with Crippen molar-refractivity contribution in [3.8, 4) is 0 Å². The van der Waals surface area contributed by atoms with Crippen molar-refractivity contribution in [2.24, 2.45) is 5.41 Å².